The average Bonchev–Trinajstić information content (AvgIpc) is 2.71. The van der Waals surface area contributed by atoms with E-state index in [0.29, 0.717) is 11.8 Å². The van der Waals surface area contributed by atoms with Crippen molar-refractivity contribution in [1.82, 2.24) is 15.1 Å². The Morgan fingerprint density at radius 2 is 2.54 bits per heavy atom. The molecule has 72 valence electrons. The Labute approximate surface area is 77.6 Å². The molecule has 0 aromatic carbocycles. The minimum absolute atomic E-state index is 0.257. The molecular formula is C9H15N3O. The van der Waals surface area contributed by atoms with Crippen LogP contribution in [0.3, 0.4) is 0 Å². The van der Waals surface area contributed by atoms with Gasteiger partial charge < -0.3 is 10.4 Å². The molecule has 0 amide bonds. The Hall–Kier alpha value is -0.870. The molecule has 1 saturated heterocycles. The fourth-order valence-electron chi connectivity index (χ4n) is 1.95. The van der Waals surface area contributed by atoms with Gasteiger partial charge in [-0.1, -0.05) is 0 Å². The van der Waals surface area contributed by atoms with Crippen LogP contribution in [-0.4, -0.2) is 34.6 Å². The van der Waals surface area contributed by atoms with Crippen LogP contribution in [0.1, 0.15) is 11.5 Å². The Morgan fingerprint density at radius 3 is 3.15 bits per heavy atom. The average molecular weight is 181 g/mol. The second kappa shape index (κ2) is 3.47. The highest BCUT2D eigenvalue weighted by Crippen LogP contribution is 2.26. The highest BCUT2D eigenvalue weighted by Gasteiger charge is 2.28. The molecule has 4 heteroatoms. The number of rotatable bonds is 2. The molecular weight excluding hydrogens is 166 g/mol. The molecule has 0 saturated carbocycles. The number of aryl methyl sites for hydroxylation is 1. The molecule has 0 bridgehead atoms. The molecule has 4 nitrogen and oxygen atoms in total. The number of aliphatic hydroxyl groups excluding tert-OH is 1. The maximum absolute atomic E-state index is 9.14. The van der Waals surface area contributed by atoms with Crippen LogP contribution in [0.5, 0.6) is 0 Å². The van der Waals surface area contributed by atoms with Crippen molar-refractivity contribution >= 4 is 0 Å². The molecule has 2 N–H and O–H groups in total. The van der Waals surface area contributed by atoms with E-state index in [9.17, 15) is 0 Å². The van der Waals surface area contributed by atoms with Crippen LogP contribution in [-0.2, 0) is 7.05 Å². The van der Waals surface area contributed by atoms with Crippen molar-refractivity contribution in [2.75, 3.05) is 19.7 Å². The smallest absolute Gasteiger partial charge is 0.0525 e. The summed E-state index contributed by atoms with van der Waals surface area (Å²) in [6.07, 6.45) is 3.92. The van der Waals surface area contributed by atoms with Crippen LogP contribution in [0.4, 0.5) is 0 Å². The highest BCUT2D eigenvalue weighted by molar-refractivity contribution is 5.15. The van der Waals surface area contributed by atoms with E-state index in [1.807, 2.05) is 24.1 Å². The first-order valence-electron chi connectivity index (χ1n) is 4.61. The Balaban J connectivity index is 2.15. The van der Waals surface area contributed by atoms with Crippen molar-refractivity contribution in [2.45, 2.75) is 5.92 Å². The van der Waals surface area contributed by atoms with E-state index < -0.39 is 0 Å². The second-order valence-electron chi connectivity index (χ2n) is 3.65. The van der Waals surface area contributed by atoms with Crippen molar-refractivity contribution in [3.05, 3.63) is 18.0 Å². The fraction of sp³-hybridized carbons (Fsp3) is 0.667. The van der Waals surface area contributed by atoms with Gasteiger partial charge >= 0.3 is 0 Å². The van der Waals surface area contributed by atoms with Gasteiger partial charge in [-0.2, -0.15) is 5.10 Å². The summed E-state index contributed by atoms with van der Waals surface area (Å²) >= 11 is 0. The monoisotopic (exact) mass is 181 g/mol. The van der Waals surface area contributed by atoms with Gasteiger partial charge in [-0.25, -0.2) is 0 Å². The summed E-state index contributed by atoms with van der Waals surface area (Å²) in [5.74, 6) is 0.780. The zero-order valence-corrected chi connectivity index (χ0v) is 7.77. The van der Waals surface area contributed by atoms with Crippen LogP contribution in [0.15, 0.2) is 12.4 Å². The number of hydrogen-bond acceptors (Lipinski definition) is 3. The number of nitrogens with zero attached hydrogens (tertiary/aromatic N) is 2. The van der Waals surface area contributed by atoms with Crippen LogP contribution in [0.25, 0.3) is 0 Å². The number of aliphatic hydroxyl groups is 1. The first kappa shape index (κ1) is 8.72. The van der Waals surface area contributed by atoms with Gasteiger partial charge in [-0.3, -0.25) is 4.68 Å². The number of nitrogens with one attached hydrogen (secondary N) is 1. The van der Waals surface area contributed by atoms with E-state index in [0.717, 1.165) is 13.1 Å². The van der Waals surface area contributed by atoms with Gasteiger partial charge in [-0.05, 0) is 5.56 Å². The second-order valence-corrected chi connectivity index (χ2v) is 3.65. The molecule has 0 spiro atoms. The first-order chi connectivity index (χ1) is 6.31. The normalized spacial score (nSPS) is 28.2. The molecule has 1 aromatic heterocycles. The minimum Gasteiger partial charge on any atom is -0.396 e. The molecule has 2 heterocycles. The SMILES string of the molecule is Cn1cc([C@@H]2CNC[C@@H]2CO)cn1. The van der Waals surface area contributed by atoms with Gasteiger partial charge in [0.15, 0.2) is 0 Å². The molecule has 0 aliphatic carbocycles. The molecule has 13 heavy (non-hydrogen) atoms. The topological polar surface area (TPSA) is 50.1 Å². The predicted octanol–water partition coefficient (Wildman–Crippen LogP) is -0.285. The Kier molecular flexibility index (Phi) is 2.33. The molecule has 1 aromatic rings. The van der Waals surface area contributed by atoms with Gasteiger partial charge in [0.05, 0.1) is 6.20 Å². The van der Waals surface area contributed by atoms with E-state index in [2.05, 4.69) is 10.4 Å². The lowest BCUT2D eigenvalue weighted by atomic mass is 9.92. The van der Waals surface area contributed by atoms with E-state index in [4.69, 9.17) is 5.11 Å². The summed E-state index contributed by atoms with van der Waals surface area (Å²) in [6.45, 7) is 2.12. The quantitative estimate of drug-likeness (QED) is 0.659. The van der Waals surface area contributed by atoms with Crippen molar-refractivity contribution in [3.63, 3.8) is 0 Å². The van der Waals surface area contributed by atoms with Gasteiger partial charge in [0.25, 0.3) is 0 Å². The number of aromatic nitrogens is 2. The fourth-order valence-corrected chi connectivity index (χ4v) is 1.95. The molecule has 2 atom stereocenters. The lowest BCUT2D eigenvalue weighted by molar-refractivity contribution is 0.226. The third-order valence-electron chi connectivity index (χ3n) is 2.73. The minimum atomic E-state index is 0.257. The van der Waals surface area contributed by atoms with Gasteiger partial charge in [0, 0.05) is 44.8 Å². The summed E-state index contributed by atoms with van der Waals surface area (Å²) in [5.41, 5.74) is 1.23. The Bertz CT molecular complexity index is 284. The van der Waals surface area contributed by atoms with Crippen LogP contribution in [0.2, 0.25) is 0 Å². The van der Waals surface area contributed by atoms with Crippen LogP contribution >= 0.6 is 0 Å². The summed E-state index contributed by atoms with van der Waals surface area (Å²) in [4.78, 5) is 0. The van der Waals surface area contributed by atoms with E-state index >= 15 is 0 Å². The predicted molar refractivity (Wildman–Crippen MR) is 49.4 cm³/mol. The van der Waals surface area contributed by atoms with E-state index in [1.54, 1.807) is 0 Å². The number of hydrogen-bond donors (Lipinski definition) is 2. The van der Waals surface area contributed by atoms with Gasteiger partial charge in [0.1, 0.15) is 0 Å². The lowest BCUT2D eigenvalue weighted by Gasteiger charge is -2.13. The summed E-state index contributed by atoms with van der Waals surface area (Å²) < 4.78 is 1.81. The molecule has 1 fully saturated rings. The molecule has 1 aliphatic heterocycles. The van der Waals surface area contributed by atoms with Crippen molar-refractivity contribution in [1.29, 1.82) is 0 Å². The standard InChI is InChI=1S/C9H15N3O/c1-12-5-7(3-11-12)9-4-10-2-8(9)6-13/h3,5,8-10,13H,2,4,6H2,1H3/t8-,9+/m1/s1. The molecule has 0 radical (unpaired) electrons. The maximum atomic E-state index is 9.14. The van der Waals surface area contributed by atoms with E-state index in [-0.39, 0.29) is 6.61 Å². The van der Waals surface area contributed by atoms with Crippen molar-refractivity contribution in [2.24, 2.45) is 13.0 Å². The lowest BCUT2D eigenvalue weighted by Crippen LogP contribution is -2.14. The van der Waals surface area contributed by atoms with Gasteiger partial charge in [0.2, 0.25) is 0 Å². The zero-order valence-electron chi connectivity index (χ0n) is 7.77. The highest BCUT2D eigenvalue weighted by atomic mass is 16.3. The largest absolute Gasteiger partial charge is 0.396 e. The third-order valence-corrected chi connectivity index (χ3v) is 2.73. The zero-order chi connectivity index (χ0) is 9.26. The van der Waals surface area contributed by atoms with Crippen molar-refractivity contribution < 1.29 is 5.11 Å². The van der Waals surface area contributed by atoms with Gasteiger partial charge in [-0.15, -0.1) is 0 Å². The summed E-state index contributed by atoms with van der Waals surface area (Å²) in [7, 11) is 1.92. The maximum Gasteiger partial charge on any atom is 0.0525 e. The van der Waals surface area contributed by atoms with Crippen molar-refractivity contribution in [3.8, 4) is 0 Å². The summed E-state index contributed by atoms with van der Waals surface area (Å²) in [5, 5.41) is 16.6. The molecule has 0 unspecified atom stereocenters. The van der Waals surface area contributed by atoms with Crippen LogP contribution < -0.4 is 5.32 Å². The van der Waals surface area contributed by atoms with E-state index in [1.165, 1.54) is 5.56 Å². The summed E-state index contributed by atoms with van der Waals surface area (Å²) in [6, 6.07) is 0. The van der Waals surface area contributed by atoms with Crippen LogP contribution in [0, 0.1) is 5.92 Å². The third kappa shape index (κ3) is 1.59. The molecule has 1 aliphatic rings. The first-order valence-corrected chi connectivity index (χ1v) is 4.61. The Morgan fingerprint density at radius 1 is 1.69 bits per heavy atom. The molecule has 2 rings (SSSR count).